The van der Waals surface area contributed by atoms with Crippen LogP contribution >= 0.6 is 0 Å². The van der Waals surface area contributed by atoms with Crippen LogP contribution in [0.15, 0.2) is 90.5 Å². The van der Waals surface area contributed by atoms with Crippen molar-refractivity contribution in [3.63, 3.8) is 0 Å². The Morgan fingerprint density at radius 1 is 0.696 bits per heavy atom. The predicted molar refractivity (Wildman–Crippen MR) is 96.3 cm³/mol. The second-order valence-electron chi connectivity index (χ2n) is 5.51. The molecule has 23 heavy (non-hydrogen) atoms. The van der Waals surface area contributed by atoms with E-state index in [9.17, 15) is 4.79 Å². The quantitative estimate of drug-likeness (QED) is 0.450. The maximum Gasteiger partial charge on any atom is 0.188 e. The molecule has 0 radical (unpaired) electrons. The Labute approximate surface area is 136 Å². The molecule has 0 aliphatic rings. The molecule has 0 saturated heterocycles. The Balaban J connectivity index is 1.82. The SMILES string of the molecule is C/C(=C\c1ccccc1)C(=O)c1ccc(-c2ccccc2)cc1. The van der Waals surface area contributed by atoms with E-state index < -0.39 is 0 Å². The number of Topliss-reactive ketones (excluding diaryl/α,β-unsaturated/α-hetero) is 1. The lowest BCUT2D eigenvalue weighted by atomic mass is 9.99. The van der Waals surface area contributed by atoms with Gasteiger partial charge in [-0.05, 0) is 35.3 Å². The molecule has 0 aromatic heterocycles. The Morgan fingerprint density at radius 2 is 1.22 bits per heavy atom. The standard InChI is InChI=1S/C22H18O/c1-17(16-18-8-4-2-5-9-18)22(23)21-14-12-20(13-15-21)19-10-6-3-7-11-19/h2-16H,1H3/b17-16+. The average molecular weight is 298 g/mol. The molecule has 0 amide bonds. The van der Waals surface area contributed by atoms with Crippen LogP contribution in [0.25, 0.3) is 17.2 Å². The van der Waals surface area contributed by atoms with Crippen molar-refractivity contribution in [2.45, 2.75) is 6.92 Å². The van der Waals surface area contributed by atoms with Gasteiger partial charge in [0.1, 0.15) is 0 Å². The van der Waals surface area contributed by atoms with E-state index in [0.29, 0.717) is 0 Å². The maximum atomic E-state index is 12.5. The molecular weight excluding hydrogens is 280 g/mol. The van der Waals surface area contributed by atoms with Gasteiger partial charge in [-0.1, -0.05) is 84.9 Å². The molecule has 3 aromatic carbocycles. The lowest BCUT2D eigenvalue weighted by Crippen LogP contribution is -2.00. The highest BCUT2D eigenvalue weighted by molar-refractivity contribution is 6.11. The van der Waals surface area contributed by atoms with Crippen molar-refractivity contribution in [1.29, 1.82) is 0 Å². The van der Waals surface area contributed by atoms with E-state index in [0.717, 1.165) is 27.8 Å². The highest BCUT2D eigenvalue weighted by Crippen LogP contribution is 2.20. The van der Waals surface area contributed by atoms with E-state index in [4.69, 9.17) is 0 Å². The molecular formula is C22H18O. The lowest BCUT2D eigenvalue weighted by Gasteiger charge is -2.05. The van der Waals surface area contributed by atoms with E-state index >= 15 is 0 Å². The highest BCUT2D eigenvalue weighted by atomic mass is 16.1. The van der Waals surface area contributed by atoms with Crippen molar-refractivity contribution >= 4 is 11.9 Å². The summed E-state index contributed by atoms with van der Waals surface area (Å²) in [6.07, 6.45) is 1.92. The zero-order valence-corrected chi connectivity index (χ0v) is 13.1. The van der Waals surface area contributed by atoms with Gasteiger partial charge in [0.25, 0.3) is 0 Å². The van der Waals surface area contributed by atoms with Crippen LogP contribution in [0.5, 0.6) is 0 Å². The van der Waals surface area contributed by atoms with Crippen molar-refractivity contribution in [2.75, 3.05) is 0 Å². The zero-order chi connectivity index (χ0) is 16.1. The largest absolute Gasteiger partial charge is 0.289 e. The first kappa shape index (κ1) is 15.0. The number of benzene rings is 3. The van der Waals surface area contributed by atoms with Crippen LogP contribution < -0.4 is 0 Å². The van der Waals surface area contributed by atoms with Crippen molar-refractivity contribution in [1.82, 2.24) is 0 Å². The van der Waals surface area contributed by atoms with Gasteiger partial charge in [-0.15, -0.1) is 0 Å². The number of hydrogen-bond acceptors (Lipinski definition) is 1. The minimum atomic E-state index is 0.0634. The van der Waals surface area contributed by atoms with Gasteiger partial charge < -0.3 is 0 Å². The Bertz CT molecular complexity index is 813. The number of allylic oxidation sites excluding steroid dienone is 1. The first-order chi connectivity index (χ1) is 11.2. The van der Waals surface area contributed by atoms with Gasteiger partial charge in [-0.2, -0.15) is 0 Å². The van der Waals surface area contributed by atoms with Crippen LogP contribution in [-0.2, 0) is 0 Å². The summed E-state index contributed by atoms with van der Waals surface area (Å²) in [5.41, 5.74) is 4.77. The summed E-state index contributed by atoms with van der Waals surface area (Å²) < 4.78 is 0. The monoisotopic (exact) mass is 298 g/mol. The van der Waals surface area contributed by atoms with Gasteiger partial charge in [0.15, 0.2) is 5.78 Å². The Morgan fingerprint density at radius 3 is 1.83 bits per heavy atom. The zero-order valence-electron chi connectivity index (χ0n) is 13.1. The number of carbonyl (C=O) groups is 1. The summed E-state index contributed by atoms with van der Waals surface area (Å²) in [6, 6.07) is 27.9. The molecule has 3 rings (SSSR count). The minimum Gasteiger partial charge on any atom is -0.289 e. The molecule has 0 unspecified atom stereocenters. The number of carbonyl (C=O) groups excluding carboxylic acids is 1. The summed E-state index contributed by atoms with van der Waals surface area (Å²) in [7, 11) is 0. The molecule has 0 heterocycles. The van der Waals surface area contributed by atoms with E-state index in [2.05, 4.69) is 12.1 Å². The molecule has 0 N–H and O–H groups in total. The topological polar surface area (TPSA) is 17.1 Å². The molecule has 112 valence electrons. The fourth-order valence-electron chi connectivity index (χ4n) is 2.54. The van der Waals surface area contributed by atoms with Gasteiger partial charge in [0, 0.05) is 5.56 Å². The Hall–Kier alpha value is -2.93. The second-order valence-corrected chi connectivity index (χ2v) is 5.51. The van der Waals surface area contributed by atoms with Crippen LogP contribution in [0, 0.1) is 0 Å². The van der Waals surface area contributed by atoms with Crippen molar-refractivity contribution in [3.8, 4) is 11.1 Å². The van der Waals surface area contributed by atoms with Gasteiger partial charge >= 0.3 is 0 Å². The van der Waals surface area contributed by atoms with Crippen LogP contribution in [0.1, 0.15) is 22.8 Å². The summed E-state index contributed by atoms with van der Waals surface area (Å²) >= 11 is 0. The van der Waals surface area contributed by atoms with E-state index in [1.165, 1.54) is 0 Å². The molecule has 0 bridgehead atoms. The molecule has 0 fully saturated rings. The minimum absolute atomic E-state index is 0.0634. The molecule has 0 spiro atoms. The third-order valence-corrected chi connectivity index (χ3v) is 3.80. The fourth-order valence-corrected chi connectivity index (χ4v) is 2.54. The van der Waals surface area contributed by atoms with Gasteiger partial charge in [0.2, 0.25) is 0 Å². The lowest BCUT2D eigenvalue weighted by molar-refractivity contribution is 0.103. The second kappa shape index (κ2) is 6.89. The molecule has 0 saturated carbocycles. The summed E-state index contributed by atoms with van der Waals surface area (Å²) in [5.74, 6) is 0.0634. The number of rotatable bonds is 4. The van der Waals surface area contributed by atoms with E-state index in [1.54, 1.807) is 0 Å². The van der Waals surface area contributed by atoms with E-state index in [-0.39, 0.29) is 5.78 Å². The molecule has 3 aromatic rings. The first-order valence-electron chi connectivity index (χ1n) is 7.67. The molecule has 1 nitrogen and oxygen atoms in total. The van der Waals surface area contributed by atoms with Gasteiger partial charge in [0.05, 0.1) is 0 Å². The fraction of sp³-hybridized carbons (Fsp3) is 0.0455. The Kier molecular flexibility index (Phi) is 4.49. The van der Waals surface area contributed by atoms with E-state index in [1.807, 2.05) is 85.8 Å². The smallest absolute Gasteiger partial charge is 0.188 e. The predicted octanol–water partition coefficient (Wildman–Crippen LogP) is 5.64. The van der Waals surface area contributed by atoms with Crippen LogP contribution in [-0.4, -0.2) is 5.78 Å². The van der Waals surface area contributed by atoms with Crippen molar-refractivity contribution < 1.29 is 4.79 Å². The molecule has 1 heteroatoms. The van der Waals surface area contributed by atoms with Crippen molar-refractivity contribution in [2.24, 2.45) is 0 Å². The first-order valence-corrected chi connectivity index (χ1v) is 7.67. The van der Waals surface area contributed by atoms with Gasteiger partial charge in [-0.3, -0.25) is 4.79 Å². The third-order valence-electron chi connectivity index (χ3n) is 3.80. The van der Waals surface area contributed by atoms with Crippen LogP contribution in [0.4, 0.5) is 0 Å². The number of ketones is 1. The van der Waals surface area contributed by atoms with Crippen LogP contribution in [0.2, 0.25) is 0 Å². The highest BCUT2D eigenvalue weighted by Gasteiger charge is 2.08. The molecule has 0 aliphatic heterocycles. The average Bonchev–Trinajstić information content (AvgIpc) is 2.63. The summed E-state index contributed by atoms with van der Waals surface area (Å²) in [5, 5.41) is 0. The summed E-state index contributed by atoms with van der Waals surface area (Å²) in [6.45, 7) is 1.86. The molecule has 0 aliphatic carbocycles. The number of hydrogen-bond donors (Lipinski definition) is 0. The molecule has 0 atom stereocenters. The normalized spacial score (nSPS) is 11.3. The third kappa shape index (κ3) is 3.64. The van der Waals surface area contributed by atoms with Gasteiger partial charge in [-0.25, -0.2) is 0 Å². The maximum absolute atomic E-state index is 12.5. The van der Waals surface area contributed by atoms with Crippen molar-refractivity contribution in [3.05, 3.63) is 102 Å². The summed E-state index contributed by atoms with van der Waals surface area (Å²) in [4.78, 5) is 12.5. The van der Waals surface area contributed by atoms with Crippen LogP contribution in [0.3, 0.4) is 0 Å².